The minimum absolute atomic E-state index is 0.0706. The van der Waals surface area contributed by atoms with Crippen molar-refractivity contribution in [3.8, 4) is 28.7 Å². The van der Waals surface area contributed by atoms with E-state index in [2.05, 4.69) is 6.58 Å². The van der Waals surface area contributed by atoms with Crippen molar-refractivity contribution in [1.29, 1.82) is 0 Å². The number of hydrogen-bond acceptors (Lipinski definition) is 6. The molecule has 158 valence electrons. The third-order valence-corrected chi connectivity index (χ3v) is 4.51. The molecule has 2 aromatic carbocycles. The number of phenolic OH excluding ortho intramolecular Hbond substituents is 1. The Hall–Kier alpha value is -2.86. The van der Waals surface area contributed by atoms with E-state index in [4.69, 9.17) is 23.7 Å². The van der Waals surface area contributed by atoms with E-state index in [0.29, 0.717) is 36.0 Å². The van der Waals surface area contributed by atoms with E-state index < -0.39 is 6.10 Å². The zero-order valence-electron chi connectivity index (χ0n) is 17.7. The molecule has 6 heteroatoms. The van der Waals surface area contributed by atoms with Gasteiger partial charge in [0.2, 0.25) is 5.75 Å². The molecule has 0 bridgehead atoms. The molecule has 0 heterocycles. The number of ether oxygens (including phenoxy) is 5. The molecule has 0 saturated heterocycles. The van der Waals surface area contributed by atoms with Crippen molar-refractivity contribution in [2.75, 3.05) is 27.9 Å². The van der Waals surface area contributed by atoms with E-state index in [1.54, 1.807) is 32.4 Å². The van der Waals surface area contributed by atoms with Gasteiger partial charge in [-0.15, -0.1) is 6.58 Å². The Bertz CT molecular complexity index is 792. The molecule has 2 aromatic rings. The molecular formula is C23H30O6. The Balaban J connectivity index is 2.39. The summed E-state index contributed by atoms with van der Waals surface area (Å²) < 4.78 is 28.5. The third kappa shape index (κ3) is 5.35. The van der Waals surface area contributed by atoms with Crippen molar-refractivity contribution in [1.82, 2.24) is 0 Å². The Morgan fingerprint density at radius 2 is 1.62 bits per heavy atom. The SMILES string of the molecule is C=CCc1cc(OC)c(O[C@@H](C)[C@H](OCC)c2ccc(O)c(OC)c2)c(OC)c1. The first-order chi connectivity index (χ1) is 14.0. The summed E-state index contributed by atoms with van der Waals surface area (Å²) in [5.74, 6) is 2.11. The molecule has 2 atom stereocenters. The van der Waals surface area contributed by atoms with Gasteiger partial charge in [0.15, 0.2) is 23.0 Å². The second kappa shape index (κ2) is 10.6. The first-order valence-corrected chi connectivity index (χ1v) is 9.49. The van der Waals surface area contributed by atoms with E-state index in [1.165, 1.54) is 7.11 Å². The number of allylic oxidation sites excluding steroid dienone is 1. The fraction of sp³-hybridized carbons (Fsp3) is 0.391. The highest BCUT2D eigenvalue weighted by Gasteiger charge is 2.26. The van der Waals surface area contributed by atoms with Crippen LogP contribution in [0.5, 0.6) is 28.7 Å². The van der Waals surface area contributed by atoms with Crippen LogP contribution in [0.25, 0.3) is 0 Å². The molecule has 0 aliphatic heterocycles. The monoisotopic (exact) mass is 402 g/mol. The van der Waals surface area contributed by atoms with E-state index in [-0.39, 0.29) is 11.9 Å². The normalized spacial score (nSPS) is 12.7. The second-order valence-corrected chi connectivity index (χ2v) is 6.45. The maximum absolute atomic E-state index is 9.89. The summed E-state index contributed by atoms with van der Waals surface area (Å²) in [6.45, 7) is 8.10. The van der Waals surface area contributed by atoms with Crippen molar-refractivity contribution in [3.63, 3.8) is 0 Å². The number of aromatic hydroxyl groups is 1. The van der Waals surface area contributed by atoms with Gasteiger partial charge >= 0.3 is 0 Å². The number of rotatable bonds is 11. The number of hydrogen-bond donors (Lipinski definition) is 1. The number of phenols is 1. The Morgan fingerprint density at radius 1 is 1.00 bits per heavy atom. The fourth-order valence-electron chi connectivity index (χ4n) is 3.14. The molecule has 0 radical (unpaired) electrons. The molecule has 2 rings (SSSR count). The molecule has 0 unspecified atom stereocenters. The van der Waals surface area contributed by atoms with Crippen LogP contribution >= 0.6 is 0 Å². The maximum Gasteiger partial charge on any atom is 0.203 e. The number of benzene rings is 2. The molecule has 0 saturated carbocycles. The van der Waals surface area contributed by atoms with Crippen LogP contribution in [0.2, 0.25) is 0 Å². The summed E-state index contributed by atoms with van der Waals surface area (Å²) in [5, 5.41) is 9.89. The van der Waals surface area contributed by atoms with Crippen LogP contribution in [0.15, 0.2) is 43.0 Å². The average Bonchev–Trinajstić information content (AvgIpc) is 2.73. The Labute approximate surface area is 172 Å². The number of methoxy groups -OCH3 is 3. The molecule has 0 amide bonds. The molecule has 0 fully saturated rings. The van der Waals surface area contributed by atoms with Gasteiger partial charge in [0.25, 0.3) is 0 Å². The van der Waals surface area contributed by atoms with Gasteiger partial charge in [0, 0.05) is 6.61 Å². The minimum atomic E-state index is -0.392. The van der Waals surface area contributed by atoms with Gasteiger partial charge in [0.1, 0.15) is 12.2 Å². The third-order valence-electron chi connectivity index (χ3n) is 4.51. The van der Waals surface area contributed by atoms with Crippen molar-refractivity contribution >= 4 is 0 Å². The maximum atomic E-state index is 9.89. The lowest BCUT2D eigenvalue weighted by Crippen LogP contribution is -2.25. The lowest BCUT2D eigenvalue weighted by Gasteiger charge is -2.27. The van der Waals surface area contributed by atoms with Gasteiger partial charge < -0.3 is 28.8 Å². The summed E-state index contributed by atoms with van der Waals surface area (Å²) in [6.07, 6.45) is 1.74. The molecule has 1 N–H and O–H groups in total. The second-order valence-electron chi connectivity index (χ2n) is 6.45. The van der Waals surface area contributed by atoms with Crippen LogP contribution in [0, 0.1) is 0 Å². The standard InChI is InChI=1S/C23H30O6/c1-7-9-16-12-20(26-5)23(21(13-16)27-6)29-15(3)22(28-8-2)17-10-11-18(24)19(14-17)25-4/h7,10-15,22,24H,1,8-9H2,2-6H3/t15-,22-/m0/s1. The van der Waals surface area contributed by atoms with Gasteiger partial charge in [-0.2, -0.15) is 0 Å². The first kappa shape index (κ1) is 22.4. The molecule has 29 heavy (non-hydrogen) atoms. The predicted molar refractivity (Wildman–Crippen MR) is 113 cm³/mol. The minimum Gasteiger partial charge on any atom is -0.504 e. The summed E-state index contributed by atoms with van der Waals surface area (Å²) in [7, 11) is 4.69. The zero-order valence-corrected chi connectivity index (χ0v) is 17.7. The molecule has 0 aromatic heterocycles. The molecule has 6 nitrogen and oxygen atoms in total. The summed E-state index contributed by atoms with van der Waals surface area (Å²) in [4.78, 5) is 0. The summed E-state index contributed by atoms with van der Waals surface area (Å²) in [5.41, 5.74) is 1.84. The highest BCUT2D eigenvalue weighted by Crippen LogP contribution is 2.41. The van der Waals surface area contributed by atoms with E-state index in [0.717, 1.165) is 11.1 Å². The van der Waals surface area contributed by atoms with Crippen LogP contribution in [0.1, 0.15) is 31.1 Å². The highest BCUT2D eigenvalue weighted by atomic mass is 16.6. The average molecular weight is 402 g/mol. The van der Waals surface area contributed by atoms with Crippen molar-refractivity contribution in [2.45, 2.75) is 32.5 Å². The van der Waals surface area contributed by atoms with Crippen molar-refractivity contribution in [3.05, 3.63) is 54.1 Å². The smallest absolute Gasteiger partial charge is 0.203 e. The molecular weight excluding hydrogens is 372 g/mol. The quantitative estimate of drug-likeness (QED) is 0.550. The summed E-state index contributed by atoms with van der Waals surface area (Å²) in [6, 6.07) is 8.94. The van der Waals surface area contributed by atoms with E-state index in [9.17, 15) is 5.11 Å². The van der Waals surface area contributed by atoms with E-state index in [1.807, 2.05) is 32.1 Å². The Kier molecular flexibility index (Phi) is 8.21. The predicted octanol–water partition coefficient (Wildman–Crippen LogP) is 4.69. The van der Waals surface area contributed by atoms with E-state index >= 15 is 0 Å². The molecule has 0 aliphatic carbocycles. The van der Waals surface area contributed by atoms with Crippen LogP contribution in [-0.4, -0.2) is 39.1 Å². The van der Waals surface area contributed by atoms with Gasteiger partial charge in [-0.25, -0.2) is 0 Å². The van der Waals surface area contributed by atoms with Gasteiger partial charge in [0.05, 0.1) is 21.3 Å². The van der Waals surface area contributed by atoms with Crippen LogP contribution in [0.4, 0.5) is 0 Å². The van der Waals surface area contributed by atoms with Crippen LogP contribution < -0.4 is 18.9 Å². The summed E-state index contributed by atoms with van der Waals surface area (Å²) >= 11 is 0. The van der Waals surface area contributed by atoms with Gasteiger partial charge in [-0.05, 0) is 55.7 Å². The highest BCUT2D eigenvalue weighted by molar-refractivity contribution is 5.54. The van der Waals surface area contributed by atoms with Crippen molar-refractivity contribution < 1.29 is 28.8 Å². The fourth-order valence-corrected chi connectivity index (χ4v) is 3.14. The molecule has 0 aliphatic rings. The lowest BCUT2D eigenvalue weighted by atomic mass is 10.0. The topological polar surface area (TPSA) is 66.4 Å². The largest absolute Gasteiger partial charge is 0.504 e. The Morgan fingerprint density at radius 3 is 2.14 bits per heavy atom. The van der Waals surface area contributed by atoms with Crippen molar-refractivity contribution in [2.24, 2.45) is 0 Å². The van der Waals surface area contributed by atoms with Gasteiger partial charge in [-0.3, -0.25) is 0 Å². The van der Waals surface area contributed by atoms with Gasteiger partial charge in [-0.1, -0.05) is 12.1 Å². The van der Waals surface area contributed by atoms with Crippen LogP contribution in [0.3, 0.4) is 0 Å². The zero-order chi connectivity index (χ0) is 21.4. The first-order valence-electron chi connectivity index (χ1n) is 9.49. The lowest BCUT2D eigenvalue weighted by molar-refractivity contribution is -0.0163. The molecule has 0 spiro atoms. The van der Waals surface area contributed by atoms with Crippen LogP contribution in [-0.2, 0) is 11.2 Å².